The summed E-state index contributed by atoms with van der Waals surface area (Å²) in [5.41, 5.74) is 3.35. The maximum Gasteiger partial charge on any atom is 0.275 e. The number of aromatic nitrogens is 2. The van der Waals surface area contributed by atoms with Crippen LogP contribution < -0.4 is 10.1 Å². The summed E-state index contributed by atoms with van der Waals surface area (Å²) < 4.78 is 7.54. The normalized spacial score (nSPS) is 15.0. The lowest BCUT2D eigenvalue weighted by Crippen LogP contribution is -2.28. The van der Waals surface area contributed by atoms with E-state index in [0.717, 1.165) is 23.4 Å². The Balaban J connectivity index is 1.48. The number of nitrogens with zero attached hydrogens (tertiary/aromatic N) is 4. The highest BCUT2D eigenvalue weighted by atomic mass is 16.6. The van der Waals surface area contributed by atoms with E-state index in [2.05, 4.69) is 15.6 Å². The van der Waals surface area contributed by atoms with Crippen molar-refractivity contribution < 1.29 is 19.3 Å². The van der Waals surface area contributed by atoms with Gasteiger partial charge in [0.1, 0.15) is 11.5 Å². The molecule has 0 saturated carbocycles. The van der Waals surface area contributed by atoms with Crippen LogP contribution in [-0.4, -0.2) is 32.4 Å². The Kier molecular flexibility index (Phi) is 6.07. The van der Waals surface area contributed by atoms with Crippen LogP contribution in [0.1, 0.15) is 30.2 Å². The van der Waals surface area contributed by atoms with Gasteiger partial charge in [-0.05, 0) is 32.9 Å². The molecule has 4 rings (SSSR count). The first-order valence-corrected chi connectivity index (χ1v) is 10.4. The zero-order valence-corrected chi connectivity index (χ0v) is 18.4. The molecule has 2 heterocycles. The summed E-state index contributed by atoms with van der Waals surface area (Å²) in [5, 5.41) is 22.5. The van der Waals surface area contributed by atoms with Crippen molar-refractivity contribution in [3.05, 3.63) is 75.6 Å². The number of nitro groups is 1. The van der Waals surface area contributed by atoms with Gasteiger partial charge in [0.25, 0.3) is 11.6 Å². The standard InChI is InChI=1S/C23H23N5O5/c1-4-27-13-20(15(3)25-27)21-12-22(33-26-21)23(29)24-16-9-17(28(30)31)11-19(10-16)32-18-7-5-14(2)6-8-18/h5-11,13,22H,4,12H2,1-3H3,(H,24,29). The van der Waals surface area contributed by atoms with Gasteiger partial charge in [-0.25, -0.2) is 0 Å². The number of ether oxygens (including phenoxy) is 1. The number of hydrogen-bond donors (Lipinski definition) is 1. The summed E-state index contributed by atoms with van der Waals surface area (Å²) in [5.74, 6) is 0.296. The van der Waals surface area contributed by atoms with Gasteiger partial charge in [-0.1, -0.05) is 22.9 Å². The van der Waals surface area contributed by atoms with E-state index in [4.69, 9.17) is 9.57 Å². The Hall–Kier alpha value is -4.21. The number of non-ortho nitro benzene ring substituents is 1. The van der Waals surface area contributed by atoms with Crippen molar-refractivity contribution in [2.75, 3.05) is 5.32 Å². The average molecular weight is 449 g/mol. The second-order valence-corrected chi connectivity index (χ2v) is 7.70. The number of rotatable bonds is 7. The molecular formula is C23H23N5O5. The Morgan fingerprint density at radius 3 is 2.67 bits per heavy atom. The van der Waals surface area contributed by atoms with Crippen LogP contribution in [0.2, 0.25) is 0 Å². The monoisotopic (exact) mass is 449 g/mol. The number of carbonyl (C=O) groups excluding carboxylic acids is 1. The fourth-order valence-electron chi connectivity index (χ4n) is 3.43. The smallest absolute Gasteiger partial charge is 0.275 e. The van der Waals surface area contributed by atoms with Crippen molar-refractivity contribution in [2.24, 2.45) is 5.16 Å². The first-order valence-electron chi connectivity index (χ1n) is 10.4. The van der Waals surface area contributed by atoms with Gasteiger partial charge in [0, 0.05) is 36.9 Å². The molecule has 170 valence electrons. The van der Waals surface area contributed by atoms with Gasteiger partial charge in [0.15, 0.2) is 0 Å². The number of anilines is 1. The Bertz CT molecular complexity index is 1230. The van der Waals surface area contributed by atoms with Gasteiger partial charge in [-0.2, -0.15) is 5.10 Å². The lowest BCUT2D eigenvalue weighted by molar-refractivity contribution is -0.384. The lowest BCUT2D eigenvalue weighted by Gasteiger charge is -2.12. The molecule has 2 aromatic carbocycles. The van der Waals surface area contributed by atoms with Crippen molar-refractivity contribution in [1.82, 2.24) is 9.78 Å². The quantitative estimate of drug-likeness (QED) is 0.423. The molecule has 3 aromatic rings. The van der Waals surface area contributed by atoms with Crippen LogP contribution in [0.3, 0.4) is 0 Å². The number of nitro benzene ring substituents is 1. The van der Waals surface area contributed by atoms with E-state index < -0.39 is 16.9 Å². The number of aryl methyl sites for hydroxylation is 3. The largest absolute Gasteiger partial charge is 0.457 e. The molecule has 33 heavy (non-hydrogen) atoms. The van der Waals surface area contributed by atoms with E-state index in [1.165, 1.54) is 18.2 Å². The summed E-state index contributed by atoms with van der Waals surface area (Å²) in [6, 6.07) is 11.4. The molecule has 0 aliphatic carbocycles. The lowest BCUT2D eigenvalue weighted by atomic mass is 10.1. The van der Waals surface area contributed by atoms with Crippen molar-refractivity contribution in [1.29, 1.82) is 0 Å². The molecule has 0 spiro atoms. The van der Waals surface area contributed by atoms with E-state index in [1.807, 2.05) is 39.1 Å². The molecule has 0 radical (unpaired) electrons. The van der Waals surface area contributed by atoms with Gasteiger partial charge >= 0.3 is 0 Å². The number of benzene rings is 2. The molecule has 1 aliphatic heterocycles. The van der Waals surface area contributed by atoms with Gasteiger partial charge < -0.3 is 14.9 Å². The molecule has 1 aromatic heterocycles. The summed E-state index contributed by atoms with van der Waals surface area (Å²) in [6.07, 6.45) is 1.28. The first kappa shape index (κ1) is 22.0. The Morgan fingerprint density at radius 2 is 2.00 bits per heavy atom. The topological polar surface area (TPSA) is 121 Å². The van der Waals surface area contributed by atoms with E-state index in [0.29, 0.717) is 11.5 Å². The van der Waals surface area contributed by atoms with E-state index in [9.17, 15) is 14.9 Å². The average Bonchev–Trinajstić information content (AvgIpc) is 3.41. The SMILES string of the molecule is CCn1cc(C2=NOC(C(=O)Nc3cc(Oc4ccc(C)cc4)cc([N+](=O)[O-])c3)C2)c(C)n1. The van der Waals surface area contributed by atoms with Gasteiger partial charge in [0.05, 0.1) is 28.1 Å². The van der Waals surface area contributed by atoms with Crippen LogP contribution in [0.15, 0.2) is 53.8 Å². The minimum atomic E-state index is -0.856. The van der Waals surface area contributed by atoms with Gasteiger partial charge in [-0.15, -0.1) is 0 Å². The number of oxime groups is 1. The second-order valence-electron chi connectivity index (χ2n) is 7.70. The molecule has 1 atom stereocenters. The highest BCUT2D eigenvalue weighted by Crippen LogP contribution is 2.30. The summed E-state index contributed by atoms with van der Waals surface area (Å²) in [7, 11) is 0. The molecule has 1 amide bonds. The van der Waals surface area contributed by atoms with Gasteiger partial charge in [0.2, 0.25) is 6.10 Å². The Morgan fingerprint density at radius 1 is 1.24 bits per heavy atom. The predicted molar refractivity (Wildman–Crippen MR) is 122 cm³/mol. The van der Waals surface area contributed by atoms with Crippen LogP contribution in [0.5, 0.6) is 11.5 Å². The number of hydrogen-bond acceptors (Lipinski definition) is 7. The highest BCUT2D eigenvalue weighted by molar-refractivity contribution is 6.06. The van der Waals surface area contributed by atoms with E-state index >= 15 is 0 Å². The summed E-state index contributed by atoms with van der Waals surface area (Å²) >= 11 is 0. The number of carbonyl (C=O) groups is 1. The summed E-state index contributed by atoms with van der Waals surface area (Å²) in [4.78, 5) is 29.0. The zero-order chi connectivity index (χ0) is 23.5. The molecule has 1 N–H and O–H groups in total. The van der Waals surface area contributed by atoms with Crippen molar-refractivity contribution >= 4 is 23.0 Å². The minimum absolute atomic E-state index is 0.207. The third-order valence-electron chi connectivity index (χ3n) is 5.17. The summed E-state index contributed by atoms with van der Waals surface area (Å²) in [6.45, 7) is 6.52. The molecule has 0 bridgehead atoms. The van der Waals surface area contributed by atoms with E-state index in [-0.39, 0.29) is 23.5 Å². The maximum absolute atomic E-state index is 12.8. The fraction of sp³-hybridized carbons (Fsp3) is 0.261. The van der Waals surface area contributed by atoms with Crippen LogP contribution >= 0.6 is 0 Å². The van der Waals surface area contributed by atoms with Crippen molar-refractivity contribution in [3.63, 3.8) is 0 Å². The third-order valence-corrected chi connectivity index (χ3v) is 5.17. The van der Waals surface area contributed by atoms with Crippen LogP contribution in [0.25, 0.3) is 0 Å². The fourth-order valence-corrected chi connectivity index (χ4v) is 3.43. The molecule has 0 fully saturated rings. The molecule has 1 unspecified atom stereocenters. The van der Waals surface area contributed by atoms with Gasteiger partial charge in [-0.3, -0.25) is 19.6 Å². The van der Waals surface area contributed by atoms with Crippen LogP contribution in [-0.2, 0) is 16.2 Å². The molecule has 1 aliphatic rings. The van der Waals surface area contributed by atoms with Crippen LogP contribution in [0.4, 0.5) is 11.4 Å². The predicted octanol–water partition coefficient (Wildman–Crippen LogP) is 4.35. The second kappa shape index (κ2) is 9.11. The third kappa shape index (κ3) is 5.00. The van der Waals surface area contributed by atoms with Crippen LogP contribution in [0, 0.1) is 24.0 Å². The molecular weight excluding hydrogens is 426 g/mol. The molecule has 10 heteroatoms. The molecule has 10 nitrogen and oxygen atoms in total. The molecule has 0 saturated heterocycles. The zero-order valence-electron chi connectivity index (χ0n) is 18.4. The van der Waals surface area contributed by atoms with Crippen molar-refractivity contribution in [2.45, 2.75) is 39.8 Å². The highest BCUT2D eigenvalue weighted by Gasteiger charge is 2.31. The maximum atomic E-state index is 12.8. The van der Waals surface area contributed by atoms with E-state index in [1.54, 1.807) is 16.8 Å². The number of amides is 1. The first-order chi connectivity index (χ1) is 15.8. The van der Waals surface area contributed by atoms with Crippen molar-refractivity contribution in [3.8, 4) is 11.5 Å². The Labute approximate surface area is 190 Å². The number of nitrogens with one attached hydrogen (secondary N) is 1. The minimum Gasteiger partial charge on any atom is -0.457 e.